The van der Waals surface area contributed by atoms with Crippen LogP contribution in [-0.2, 0) is 4.74 Å². The van der Waals surface area contributed by atoms with Crippen LogP contribution in [0.4, 0.5) is 0 Å². The van der Waals surface area contributed by atoms with Crippen molar-refractivity contribution >= 4 is 37.7 Å². The van der Waals surface area contributed by atoms with Gasteiger partial charge in [0.15, 0.2) is 0 Å². The van der Waals surface area contributed by atoms with Crippen molar-refractivity contribution in [2.75, 3.05) is 19.8 Å². The average Bonchev–Trinajstić information content (AvgIpc) is 1.63. The minimum absolute atomic E-state index is 0. The number of rotatable bonds is 3. The SMILES string of the molecule is CC(C)(C)COCCO.[Ca+2].[H-].[H-]. The van der Waals surface area contributed by atoms with Crippen molar-refractivity contribution in [2.45, 2.75) is 20.8 Å². The summed E-state index contributed by atoms with van der Waals surface area (Å²) in [6, 6.07) is 0. The van der Waals surface area contributed by atoms with Crippen LogP contribution in [0.5, 0.6) is 0 Å². The van der Waals surface area contributed by atoms with Crippen LogP contribution in [0, 0.1) is 5.41 Å². The molecule has 0 aliphatic rings. The molecule has 60 valence electrons. The Balaban J connectivity index is -0.000000107. The first-order chi connectivity index (χ1) is 4.06. The topological polar surface area (TPSA) is 29.5 Å². The molecule has 0 bridgehead atoms. The van der Waals surface area contributed by atoms with Gasteiger partial charge in [0.05, 0.1) is 19.8 Å². The Bertz CT molecular complexity index is 76.3. The van der Waals surface area contributed by atoms with Crippen LogP contribution in [0.15, 0.2) is 0 Å². The number of hydrogen-bond acceptors (Lipinski definition) is 2. The van der Waals surface area contributed by atoms with Gasteiger partial charge >= 0.3 is 37.7 Å². The van der Waals surface area contributed by atoms with Crippen LogP contribution in [0.2, 0.25) is 0 Å². The summed E-state index contributed by atoms with van der Waals surface area (Å²) >= 11 is 0. The molecule has 0 atom stereocenters. The van der Waals surface area contributed by atoms with Crippen LogP contribution < -0.4 is 0 Å². The third-order valence-electron chi connectivity index (χ3n) is 0.771. The fourth-order valence-electron chi connectivity index (χ4n) is 0.443. The van der Waals surface area contributed by atoms with Gasteiger partial charge in [-0.2, -0.15) is 0 Å². The van der Waals surface area contributed by atoms with Crippen molar-refractivity contribution in [3.8, 4) is 0 Å². The summed E-state index contributed by atoms with van der Waals surface area (Å²) in [6.07, 6.45) is 0. The molecule has 0 aromatic heterocycles. The minimum atomic E-state index is 0. The maximum atomic E-state index is 8.34. The molecular weight excluding hydrogens is 156 g/mol. The van der Waals surface area contributed by atoms with Crippen molar-refractivity contribution in [1.29, 1.82) is 0 Å². The molecule has 2 nitrogen and oxygen atoms in total. The molecule has 0 amide bonds. The second kappa shape index (κ2) is 6.86. The van der Waals surface area contributed by atoms with Gasteiger partial charge in [-0.25, -0.2) is 0 Å². The predicted molar refractivity (Wildman–Crippen MR) is 45.3 cm³/mol. The van der Waals surface area contributed by atoms with E-state index in [0.29, 0.717) is 13.2 Å². The Morgan fingerprint density at radius 1 is 1.40 bits per heavy atom. The second-order valence-electron chi connectivity index (χ2n) is 3.34. The average molecular weight is 174 g/mol. The van der Waals surface area contributed by atoms with Crippen molar-refractivity contribution in [1.82, 2.24) is 0 Å². The monoisotopic (exact) mass is 174 g/mol. The Labute approximate surface area is 95.9 Å². The van der Waals surface area contributed by atoms with E-state index in [1.807, 2.05) is 0 Å². The second-order valence-corrected chi connectivity index (χ2v) is 3.34. The molecule has 0 aliphatic carbocycles. The first-order valence-corrected chi connectivity index (χ1v) is 3.25. The van der Waals surface area contributed by atoms with E-state index >= 15 is 0 Å². The maximum Gasteiger partial charge on any atom is 2.00 e. The van der Waals surface area contributed by atoms with E-state index in [4.69, 9.17) is 9.84 Å². The van der Waals surface area contributed by atoms with E-state index in [1.54, 1.807) is 0 Å². The van der Waals surface area contributed by atoms with Crippen LogP contribution in [0.25, 0.3) is 0 Å². The van der Waals surface area contributed by atoms with Crippen molar-refractivity contribution in [2.24, 2.45) is 5.41 Å². The van der Waals surface area contributed by atoms with Crippen molar-refractivity contribution in [3.05, 3.63) is 0 Å². The standard InChI is InChI=1S/C7H16O2.Ca.2H/c1-7(2,3)6-9-5-4-8;;;/h8H,4-6H2,1-3H3;;;/q;+2;2*-1. The molecule has 1 N–H and O–H groups in total. The van der Waals surface area contributed by atoms with Crippen LogP contribution in [0.3, 0.4) is 0 Å². The van der Waals surface area contributed by atoms with Gasteiger partial charge in [-0.05, 0) is 5.41 Å². The van der Waals surface area contributed by atoms with Gasteiger partial charge in [0, 0.05) is 0 Å². The zero-order chi connectivity index (χ0) is 7.33. The molecule has 0 radical (unpaired) electrons. The van der Waals surface area contributed by atoms with Crippen LogP contribution in [0.1, 0.15) is 23.6 Å². The molecule has 0 rings (SSSR count). The minimum Gasteiger partial charge on any atom is -1.00 e. The zero-order valence-corrected chi connectivity index (χ0v) is 9.39. The third-order valence-corrected chi connectivity index (χ3v) is 0.771. The summed E-state index contributed by atoms with van der Waals surface area (Å²) in [5.74, 6) is 0. The van der Waals surface area contributed by atoms with E-state index < -0.39 is 0 Å². The molecule has 0 saturated heterocycles. The molecule has 10 heavy (non-hydrogen) atoms. The smallest absolute Gasteiger partial charge is 1.00 e. The predicted octanol–water partition coefficient (Wildman–Crippen LogP) is 0.886. The summed E-state index contributed by atoms with van der Waals surface area (Å²) < 4.78 is 5.10. The Hall–Kier alpha value is 1.18. The molecule has 0 aromatic carbocycles. The third kappa shape index (κ3) is 11.9. The molecule has 0 fully saturated rings. The van der Waals surface area contributed by atoms with Gasteiger partial charge in [0.25, 0.3) is 0 Å². The van der Waals surface area contributed by atoms with E-state index in [2.05, 4.69) is 20.8 Å². The largest absolute Gasteiger partial charge is 2.00 e. The summed E-state index contributed by atoms with van der Waals surface area (Å²) in [5.41, 5.74) is 0.217. The maximum absolute atomic E-state index is 8.34. The van der Waals surface area contributed by atoms with Gasteiger partial charge in [0.1, 0.15) is 0 Å². The Kier molecular flexibility index (Phi) is 9.44. The van der Waals surface area contributed by atoms with Gasteiger partial charge in [0.2, 0.25) is 0 Å². The summed E-state index contributed by atoms with van der Waals surface area (Å²) in [7, 11) is 0. The number of hydrogen-bond donors (Lipinski definition) is 1. The van der Waals surface area contributed by atoms with Gasteiger partial charge < -0.3 is 12.7 Å². The quantitative estimate of drug-likeness (QED) is 0.508. The van der Waals surface area contributed by atoms with Crippen molar-refractivity contribution in [3.63, 3.8) is 0 Å². The number of ether oxygens (including phenoxy) is 1. The first-order valence-electron chi connectivity index (χ1n) is 3.25. The molecule has 0 aromatic rings. The van der Waals surface area contributed by atoms with Gasteiger partial charge in [-0.3, -0.25) is 0 Å². The van der Waals surface area contributed by atoms with E-state index in [1.165, 1.54) is 0 Å². The van der Waals surface area contributed by atoms with Crippen LogP contribution >= 0.6 is 0 Å². The normalized spacial score (nSPS) is 10.8. The fourth-order valence-corrected chi connectivity index (χ4v) is 0.443. The van der Waals surface area contributed by atoms with Crippen LogP contribution in [-0.4, -0.2) is 62.7 Å². The summed E-state index contributed by atoms with van der Waals surface area (Å²) in [5, 5.41) is 8.34. The van der Waals surface area contributed by atoms with E-state index in [9.17, 15) is 0 Å². The molecule has 0 aliphatic heterocycles. The zero-order valence-electron chi connectivity index (χ0n) is 9.18. The number of aliphatic hydroxyl groups is 1. The van der Waals surface area contributed by atoms with Gasteiger partial charge in [-0.1, -0.05) is 20.8 Å². The van der Waals surface area contributed by atoms with E-state index in [-0.39, 0.29) is 52.6 Å². The fraction of sp³-hybridized carbons (Fsp3) is 1.00. The summed E-state index contributed by atoms with van der Waals surface area (Å²) in [6.45, 7) is 7.60. The molecule has 0 spiro atoms. The molecule has 0 heterocycles. The molecular formula is C7H18CaO2. The summed E-state index contributed by atoms with van der Waals surface area (Å²) in [4.78, 5) is 0. The first kappa shape index (κ1) is 13.7. The van der Waals surface area contributed by atoms with Crippen molar-refractivity contribution < 1.29 is 12.7 Å². The molecule has 3 heteroatoms. The Morgan fingerprint density at radius 3 is 2.20 bits per heavy atom. The number of aliphatic hydroxyl groups excluding tert-OH is 1. The Morgan fingerprint density at radius 2 is 1.90 bits per heavy atom. The molecule has 0 unspecified atom stereocenters. The molecule has 0 saturated carbocycles. The van der Waals surface area contributed by atoms with E-state index in [0.717, 1.165) is 0 Å². The van der Waals surface area contributed by atoms with Gasteiger partial charge in [-0.15, -0.1) is 0 Å².